The van der Waals surface area contributed by atoms with Gasteiger partial charge >= 0.3 is 11.4 Å². The first-order chi connectivity index (χ1) is 19.0. The molecule has 8 nitrogen and oxygen atoms in total. The van der Waals surface area contributed by atoms with Gasteiger partial charge in [0.05, 0.1) is 18.5 Å². The van der Waals surface area contributed by atoms with Gasteiger partial charge in [-0.3, -0.25) is 23.4 Å². The Labute approximate surface area is 226 Å². The largest absolute Gasteiger partial charge is 0.439 e. The summed E-state index contributed by atoms with van der Waals surface area (Å²) >= 11 is 1.49. The minimum absolute atomic E-state index is 0.214. The standard InChI is InChI=1S/C30H24N4O4S/c1-2-22-16-25-27(35)33(17-19-8-4-3-5-9-19)30(37)34(28(25)39-22)18-20-12-14-21(15-13-20)23-10-6-7-11-24(23)26-31-29(36)38-32-26/h3-16H,2,17-18H2,1H3,(H,31,32,36). The molecule has 0 bridgehead atoms. The Kier molecular flexibility index (Phi) is 6.42. The third kappa shape index (κ3) is 4.68. The summed E-state index contributed by atoms with van der Waals surface area (Å²) in [5.41, 5.74) is 3.78. The highest BCUT2D eigenvalue weighted by molar-refractivity contribution is 7.18. The van der Waals surface area contributed by atoms with Gasteiger partial charge < -0.3 is 0 Å². The summed E-state index contributed by atoms with van der Waals surface area (Å²) in [6, 6.07) is 26.9. The summed E-state index contributed by atoms with van der Waals surface area (Å²) in [5, 5.41) is 4.40. The van der Waals surface area contributed by atoms with Gasteiger partial charge in [-0.25, -0.2) is 9.59 Å². The van der Waals surface area contributed by atoms with Crippen LogP contribution in [0.25, 0.3) is 32.7 Å². The molecule has 0 unspecified atom stereocenters. The predicted octanol–water partition coefficient (Wildman–Crippen LogP) is 4.89. The highest BCUT2D eigenvalue weighted by atomic mass is 32.1. The molecule has 0 saturated carbocycles. The molecule has 0 amide bonds. The van der Waals surface area contributed by atoms with Crippen LogP contribution in [0.2, 0.25) is 0 Å². The van der Waals surface area contributed by atoms with E-state index in [0.717, 1.165) is 39.1 Å². The third-order valence-corrected chi connectivity index (χ3v) is 8.01. The summed E-state index contributed by atoms with van der Waals surface area (Å²) in [6.07, 6.45) is 0.788. The van der Waals surface area contributed by atoms with Crippen molar-refractivity contribution in [1.82, 2.24) is 19.3 Å². The quantitative estimate of drug-likeness (QED) is 0.313. The topological polar surface area (TPSA) is 103 Å². The molecule has 6 aromatic rings. The van der Waals surface area contributed by atoms with Gasteiger partial charge in [0, 0.05) is 10.4 Å². The van der Waals surface area contributed by atoms with Crippen molar-refractivity contribution in [2.75, 3.05) is 0 Å². The van der Waals surface area contributed by atoms with E-state index >= 15 is 0 Å². The first-order valence-electron chi connectivity index (χ1n) is 12.6. The zero-order valence-electron chi connectivity index (χ0n) is 21.1. The Hall–Kier alpha value is -4.76. The maximum absolute atomic E-state index is 13.7. The monoisotopic (exact) mass is 536 g/mol. The van der Waals surface area contributed by atoms with Crippen molar-refractivity contribution in [2.24, 2.45) is 0 Å². The normalized spacial score (nSPS) is 11.3. The second-order valence-corrected chi connectivity index (χ2v) is 10.3. The summed E-state index contributed by atoms with van der Waals surface area (Å²) in [5.74, 6) is -0.251. The van der Waals surface area contributed by atoms with Crippen molar-refractivity contribution in [3.05, 3.63) is 132 Å². The van der Waals surface area contributed by atoms with E-state index in [4.69, 9.17) is 4.52 Å². The van der Waals surface area contributed by atoms with Crippen LogP contribution < -0.4 is 17.0 Å². The minimum Gasteiger partial charge on any atom is -0.296 e. The van der Waals surface area contributed by atoms with Gasteiger partial charge in [0.1, 0.15) is 4.83 Å². The highest BCUT2D eigenvalue weighted by Gasteiger charge is 2.17. The smallest absolute Gasteiger partial charge is 0.296 e. The zero-order chi connectivity index (χ0) is 26.9. The molecule has 194 valence electrons. The number of aryl methyl sites for hydroxylation is 1. The van der Waals surface area contributed by atoms with Crippen molar-refractivity contribution in [2.45, 2.75) is 26.4 Å². The van der Waals surface area contributed by atoms with Gasteiger partial charge in [0.15, 0.2) is 5.82 Å². The Morgan fingerprint density at radius 3 is 2.18 bits per heavy atom. The number of hydrogen-bond donors (Lipinski definition) is 1. The average Bonchev–Trinajstić information content (AvgIpc) is 3.61. The van der Waals surface area contributed by atoms with Crippen molar-refractivity contribution in [3.63, 3.8) is 0 Å². The molecule has 0 aliphatic heterocycles. The summed E-state index contributed by atoms with van der Waals surface area (Å²) < 4.78 is 7.72. The molecule has 3 heterocycles. The first kappa shape index (κ1) is 24.6. The molecule has 1 N–H and O–H groups in total. The molecule has 0 fully saturated rings. The second kappa shape index (κ2) is 10.2. The highest BCUT2D eigenvalue weighted by Crippen LogP contribution is 2.30. The molecule has 0 aliphatic carbocycles. The molecule has 3 aromatic carbocycles. The Morgan fingerprint density at radius 1 is 0.821 bits per heavy atom. The second-order valence-electron chi connectivity index (χ2n) is 9.22. The van der Waals surface area contributed by atoms with E-state index in [-0.39, 0.29) is 17.8 Å². The van der Waals surface area contributed by atoms with E-state index in [0.29, 0.717) is 22.6 Å². The van der Waals surface area contributed by atoms with Crippen LogP contribution in [0.4, 0.5) is 0 Å². The lowest BCUT2D eigenvalue weighted by Crippen LogP contribution is -2.40. The van der Waals surface area contributed by atoms with Gasteiger partial charge in [-0.2, -0.15) is 0 Å². The molecule has 0 spiro atoms. The lowest BCUT2D eigenvalue weighted by molar-refractivity contribution is 0.388. The molecular weight excluding hydrogens is 512 g/mol. The fourth-order valence-electron chi connectivity index (χ4n) is 4.73. The number of nitrogens with one attached hydrogen (secondary N) is 1. The van der Waals surface area contributed by atoms with Crippen LogP contribution in [-0.2, 0) is 19.5 Å². The number of aromatic amines is 1. The van der Waals surface area contributed by atoms with Gasteiger partial charge in [-0.05, 0) is 34.7 Å². The van der Waals surface area contributed by atoms with Gasteiger partial charge in [0.25, 0.3) is 5.56 Å². The SMILES string of the molecule is CCc1cc2c(=O)n(Cc3ccccc3)c(=O)n(Cc3ccc(-c4ccccc4-c4noc(=O)[nH]4)cc3)c2s1. The van der Waals surface area contributed by atoms with Crippen LogP contribution in [0.3, 0.4) is 0 Å². The number of rotatable bonds is 7. The Balaban J connectivity index is 1.40. The number of hydrogen-bond acceptors (Lipinski definition) is 6. The van der Waals surface area contributed by atoms with E-state index in [2.05, 4.69) is 10.1 Å². The summed E-state index contributed by atoms with van der Waals surface area (Å²) in [7, 11) is 0. The number of thiophene rings is 1. The van der Waals surface area contributed by atoms with E-state index in [1.807, 2.05) is 91.9 Å². The molecule has 0 aliphatic rings. The molecule has 0 saturated heterocycles. The van der Waals surface area contributed by atoms with E-state index in [1.165, 1.54) is 15.9 Å². The van der Waals surface area contributed by atoms with Crippen LogP contribution in [0.1, 0.15) is 22.9 Å². The average molecular weight is 537 g/mol. The maximum atomic E-state index is 13.7. The maximum Gasteiger partial charge on any atom is 0.439 e. The number of aromatic nitrogens is 4. The van der Waals surface area contributed by atoms with Crippen molar-refractivity contribution >= 4 is 21.6 Å². The van der Waals surface area contributed by atoms with Crippen molar-refractivity contribution < 1.29 is 4.52 Å². The van der Waals surface area contributed by atoms with Crippen molar-refractivity contribution in [3.8, 4) is 22.5 Å². The Bertz CT molecular complexity index is 1960. The minimum atomic E-state index is -0.611. The molecular formula is C30H24N4O4S. The number of nitrogens with zero attached hydrogens (tertiary/aromatic N) is 3. The number of fused-ring (bicyclic) bond motifs is 1. The van der Waals surface area contributed by atoms with E-state index in [9.17, 15) is 14.4 Å². The van der Waals surface area contributed by atoms with E-state index < -0.39 is 5.76 Å². The number of H-pyrrole nitrogens is 1. The van der Waals surface area contributed by atoms with Crippen LogP contribution >= 0.6 is 11.3 Å². The number of benzene rings is 3. The molecule has 6 rings (SSSR count). The lowest BCUT2D eigenvalue weighted by Gasteiger charge is -2.13. The Morgan fingerprint density at radius 2 is 1.49 bits per heavy atom. The fraction of sp³-hybridized carbons (Fsp3) is 0.133. The first-order valence-corrected chi connectivity index (χ1v) is 13.4. The summed E-state index contributed by atoms with van der Waals surface area (Å²) in [6.45, 7) is 2.58. The molecule has 3 aromatic heterocycles. The zero-order valence-corrected chi connectivity index (χ0v) is 21.9. The lowest BCUT2D eigenvalue weighted by atomic mass is 9.98. The van der Waals surface area contributed by atoms with Gasteiger partial charge in [-0.1, -0.05) is 90.9 Å². The van der Waals surface area contributed by atoms with Gasteiger partial charge in [-0.15, -0.1) is 11.3 Å². The van der Waals surface area contributed by atoms with Crippen LogP contribution in [-0.4, -0.2) is 19.3 Å². The molecule has 39 heavy (non-hydrogen) atoms. The summed E-state index contributed by atoms with van der Waals surface area (Å²) in [4.78, 5) is 42.9. The molecule has 0 atom stereocenters. The van der Waals surface area contributed by atoms with Crippen LogP contribution in [0, 0.1) is 0 Å². The van der Waals surface area contributed by atoms with E-state index in [1.54, 1.807) is 4.57 Å². The molecule has 0 radical (unpaired) electrons. The predicted molar refractivity (Wildman–Crippen MR) is 152 cm³/mol. The van der Waals surface area contributed by atoms with Crippen LogP contribution in [0.5, 0.6) is 0 Å². The van der Waals surface area contributed by atoms with Gasteiger partial charge in [0.2, 0.25) is 0 Å². The fourth-order valence-corrected chi connectivity index (χ4v) is 5.81. The van der Waals surface area contributed by atoms with Crippen LogP contribution in [0.15, 0.2) is 104 Å². The molecule has 9 heteroatoms. The van der Waals surface area contributed by atoms with Crippen molar-refractivity contribution in [1.29, 1.82) is 0 Å². The third-order valence-electron chi connectivity index (χ3n) is 6.71.